The highest BCUT2D eigenvalue weighted by molar-refractivity contribution is 5.36. The Kier molecular flexibility index (Phi) is 8.73. The van der Waals surface area contributed by atoms with E-state index < -0.39 is 0 Å². The van der Waals surface area contributed by atoms with Gasteiger partial charge in [0.2, 0.25) is 0 Å². The molecule has 1 N–H and O–H groups in total. The summed E-state index contributed by atoms with van der Waals surface area (Å²) >= 11 is 0. The minimum absolute atomic E-state index is 0.220. The minimum Gasteiger partial charge on any atom is -0.384 e. The highest BCUT2D eigenvalue weighted by atomic mass is 19.1. The molecule has 0 spiro atoms. The summed E-state index contributed by atoms with van der Waals surface area (Å²) in [6, 6.07) is 4.83. The number of aliphatic hydroxyl groups is 1. The fraction of sp³-hybridized carbons (Fsp3) is 0.556. The highest BCUT2D eigenvalue weighted by Crippen LogP contribution is 2.15. The van der Waals surface area contributed by atoms with E-state index in [-0.39, 0.29) is 12.4 Å². The zero-order chi connectivity index (χ0) is 15.5. The molecule has 1 rings (SSSR count). The van der Waals surface area contributed by atoms with Gasteiger partial charge >= 0.3 is 0 Å². The standard InChI is InChI=1S/C18H25FO2/c1-3-5-7-15(4-2)13-21-14-17-10-9-16(8-6-11-20)12-18(17)19/h9-10,12,15,20H,3-5,7,11,13-14H2,1-2H3. The van der Waals surface area contributed by atoms with Crippen LogP contribution in [0.5, 0.6) is 0 Å². The summed E-state index contributed by atoms with van der Waals surface area (Å²) in [5.74, 6) is 5.45. The van der Waals surface area contributed by atoms with Crippen LogP contribution in [0.1, 0.15) is 50.7 Å². The van der Waals surface area contributed by atoms with Gasteiger partial charge in [-0.15, -0.1) is 0 Å². The van der Waals surface area contributed by atoms with Gasteiger partial charge in [-0.05, 0) is 24.5 Å². The van der Waals surface area contributed by atoms with E-state index in [0.29, 0.717) is 30.3 Å². The summed E-state index contributed by atoms with van der Waals surface area (Å²) in [5, 5.41) is 8.62. The normalized spacial score (nSPS) is 11.8. The number of ether oxygens (including phenoxy) is 1. The van der Waals surface area contributed by atoms with E-state index in [4.69, 9.17) is 9.84 Å². The van der Waals surface area contributed by atoms with E-state index in [9.17, 15) is 4.39 Å². The molecule has 0 saturated carbocycles. The molecule has 21 heavy (non-hydrogen) atoms. The maximum Gasteiger partial charge on any atom is 0.129 e. The van der Waals surface area contributed by atoms with Crippen LogP contribution >= 0.6 is 0 Å². The van der Waals surface area contributed by atoms with Gasteiger partial charge in [-0.1, -0.05) is 51.0 Å². The molecule has 2 nitrogen and oxygen atoms in total. The summed E-state index contributed by atoms with van der Waals surface area (Å²) in [6.07, 6.45) is 4.68. The van der Waals surface area contributed by atoms with Crippen LogP contribution in [0.25, 0.3) is 0 Å². The third-order valence-electron chi connectivity index (χ3n) is 3.52. The molecule has 0 heterocycles. The van der Waals surface area contributed by atoms with Crippen molar-refractivity contribution in [1.29, 1.82) is 0 Å². The largest absolute Gasteiger partial charge is 0.384 e. The summed E-state index contributed by atoms with van der Waals surface area (Å²) in [7, 11) is 0. The molecule has 0 fully saturated rings. The van der Waals surface area contributed by atoms with Crippen molar-refractivity contribution < 1.29 is 14.2 Å². The van der Waals surface area contributed by atoms with Crippen molar-refractivity contribution >= 4 is 0 Å². The maximum atomic E-state index is 13.9. The Morgan fingerprint density at radius 1 is 1.33 bits per heavy atom. The van der Waals surface area contributed by atoms with Crippen LogP contribution in [0.15, 0.2) is 18.2 Å². The highest BCUT2D eigenvalue weighted by Gasteiger charge is 2.08. The van der Waals surface area contributed by atoms with Crippen molar-refractivity contribution in [3.8, 4) is 11.8 Å². The Labute approximate surface area is 127 Å². The molecule has 0 aromatic heterocycles. The lowest BCUT2D eigenvalue weighted by molar-refractivity contribution is 0.0802. The van der Waals surface area contributed by atoms with Crippen molar-refractivity contribution in [1.82, 2.24) is 0 Å². The SMILES string of the molecule is CCCCC(CC)COCc1ccc(C#CCO)cc1F. The molecule has 0 bridgehead atoms. The molecule has 0 aliphatic heterocycles. The van der Waals surface area contributed by atoms with Crippen molar-refractivity contribution in [3.63, 3.8) is 0 Å². The topological polar surface area (TPSA) is 29.5 Å². The van der Waals surface area contributed by atoms with E-state index in [0.717, 1.165) is 6.42 Å². The first-order valence-corrected chi connectivity index (χ1v) is 7.67. The average molecular weight is 292 g/mol. The molecule has 1 aromatic rings. The molecule has 1 aromatic carbocycles. The first kappa shape index (κ1) is 17.7. The fourth-order valence-corrected chi connectivity index (χ4v) is 2.12. The Morgan fingerprint density at radius 3 is 2.76 bits per heavy atom. The summed E-state index contributed by atoms with van der Waals surface area (Å²) in [4.78, 5) is 0. The monoisotopic (exact) mass is 292 g/mol. The molecule has 0 amide bonds. The average Bonchev–Trinajstić information content (AvgIpc) is 2.50. The number of unbranched alkanes of at least 4 members (excludes halogenated alkanes) is 1. The van der Waals surface area contributed by atoms with Crippen molar-refractivity contribution in [2.24, 2.45) is 5.92 Å². The van der Waals surface area contributed by atoms with E-state index in [1.807, 2.05) is 0 Å². The maximum absolute atomic E-state index is 13.9. The molecule has 0 aliphatic carbocycles. The van der Waals surface area contributed by atoms with Gasteiger partial charge < -0.3 is 9.84 Å². The second-order valence-corrected chi connectivity index (χ2v) is 5.20. The van der Waals surface area contributed by atoms with Crippen LogP contribution in [0.3, 0.4) is 0 Å². The number of hydrogen-bond acceptors (Lipinski definition) is 2. The molecular weight excluding hydrogens is 267 g/mol. The Morgan fingerprint density at radius 2 is 2.14 bits per heavy atom. The predicted molar refractivity (Wildman–Crippen MR) is 83.3 cm³/mol. The number of rotatable bonds is 8. The molecule has 0 saturated heterocycles. The number of halogens is 1. The quantitative estimate of drug-likeness (QED) is 0.736. The number of hydrogen-bond donors (Lipinski definition) is 1. The molecule has 0 radical (unpaired) electrons. The molecule has 3 heteroatoms. The van der Waals surface area contributed by atoms with Crippen LogP contribution in [-0.4, -0.2) is 18.3 Å². The van der Waals surface area contributed by atoms with Crippen molar-refractivity contribution in [2.75, 3.05) is 13.2 Å². The fourth-order valence-electron chi connectivity index (χ4n) is 2.12. The zero-order valence-electron chi connectivity index (χ0n) is 13.0. The zero-order valence-corrected chi connectivity index (χ0v) is 13.0. The van der Waals surface area contributed by atoms with Crippen LogP contribution < -0.4 is 0 Å². The van der Waals surface area contributed by atoms with E-state index >= 15 is 0 Å². The van der Waals surface area contributed by atoms with Crippen LogP contribution in [0, 0.1) is 23.6 Å². The lowest BCUT2D eigenvalue weighted by Gasteiger charge is -2.14. The second-order valence-electron chi connectivity index (χ2n) is 5.20. The van der Waals surface area contributed by atoms with Gasteiger partial charge in [-0.2, -0.15) is 0 Å². The molecule has 116 valence electrons. The Bertz CT molecular complexity index is 474. The Balaban J connectivity index is 2.48. The van der Waals surface area contributed by atoms with Gasteiger partial charge in [0.25, 0.3) is 0 Å². The van der Waals surface area contributed by atoms with Gasteiger partial charge in [-0.3, -0.25) is 0 Å². The van der Waals surface area contributed by atoms with Crippen molar-refractivity contribution in [2.45, 2.75) is 46.1 Å². The second kappa shape index (κ2) is 10.4. The molecule has 0 aliphatic rings. The van der Waals surface area contributed by atoms with Crippen LogP contribution in [0.2, 0.25) is 0 Å². The van der Waals surface area contributed by atoms with E-state index in [1.165, 1.54) is 25.3 Å². The van der Waals surface area contributed by atoms with Crippen LogP contribution in [-0.2, 0) is 11.3 Å². The Hall–Kier alpha value is -1.37. The van der Waals surface area contributed by atoms with Gasteiger partial charge in [0, 0.05) is 17.7 Å². The predicted octanol–water partition coefficient (Wildman–Crippen LogP) is 3.90. The first-order chi connectivity index (χ1) is 10.2. The van der Waals surface area contributed by atoms with Gasteiger partial charge in [0.1, 0.15) is 12.4 Å². The lowest BCUT2D eigenvalue weighted by Crippen LogP contribution is -2.09. The van der Waals surface area contributed by atoms with Gasteiger partial charge in [-0.25, -0.2) is 4.39 Å². The van der Waals surface area contributed by atoms with Crippen LogP contribution in [0.4, 0.5) is 4.39 Å². The van der Waals surface area contributed by atoms with Gasteiger partial charge in [0.05, 0.1) is 6.61 Å². The minimum atomic E-state index is -0.304. The summed E-state index contributed by atoms with van der Waals surface area (Å²) in [5.41, 5.74) is 1.12. The summed E-state index contributed by atoms with van der Waals surface area (Å²) in [6.45, 7) is 5.11. The van der Waals surface area contributed by atoms with Crippen molar-refractivity contribution in [3.05, 3.63) is 35.1 Å². The lowest BCUT2D eigenvalue weighted by atomic mass is 10.0. The van der Waals surface area contributed by atoms with E-state index in [1.54, 1.807) is 12.1 Å². The summed E-state index contributed by atoms with van der Waals surface area (Å²) < 4.78 is 19.5. The third kappa shape index (κ3) is 6.75. The molecule has 1 unspecified atom stereocenters. The van der Waals surface area contributed by atoms with E-state index in [2.05, 4.69) is 25.7 Å². The molecule has 1 atom stereocenters. The van der Waals surface area contributed by atoms with Gasteiger partial charge in [0.15, 0.2) is 0 Å². The first-order valence-electron chi connectivity index (χ1n) is 7.67. The number of benzene rings is 1. The smallest absolute Gasteiger partial charge is 0.129 e. The molecular formula is C18H25FO2. The number of aliphatic hydroxyl groups excluding tert-OH is 1. The third-order valence-corrected chi connectivity index (χ3v) is 3.52.